The zero-order chi connectivity index (χ0) is 13.7. The maximum Gasteiger partial charge on any atom is 0.237 e. The van der Waals surface area contributed by atoms with Gasteiger partial charge in [0.25, 0.3) is 0 Å². The number of hydrogen-bond donors (Lipinski definition) is 2. The minimum atomic E-state index is -0.229. The lowest BCUT2D eigenvalue weighted by atomic mass is 10.2. The van der Waals surface area contributed by atoms with E-state index >= 15 is 0 Å². The van der Waals surface area contributed by atoms with Crippen molar-refractivity contribution >= 4 is 5.91 Å². The summed E-state index contributed by atoms with van der Waals surface area (Å²) >= 11 is 0. The minimum absolute atomic E-state index is 0.0242. The van der Waals surface area contributed by atoms with Crippen LogP contribution < -0.4 is 10.6 Å². The Morgan fingerprint density at radius 3 is 2.56 bits per heavy atom. The van der Waals surface area contributed by atoms with Crippen LogP contribution in [0.25, 0.3) is 0 Å². The van der Waals surface area contributed by atoms with Crippen molar-refractivity contribution in [3.8, 4) is 0 Å². The highest BCUT2D eigenvalue weighted by Crippen LogP contribution is 2.11. The van der Waals surface area contributed by atoms with Gasteiger partial charge in [-0.3, -0.25) is 4.79 Å². The van der Waals surface area contributed by atoms with Crippen LogP contribution in [0.1, 0.15) is 44.2 Å². The van der Waals surface area contributed by atoms with Crippen LogP contribution in [0.5, 0.6) is 0 Å². The van der Waals surface area contributed by atoms with Crippen molar-refractivity contribution in [2.24, 2.45) is 0 Å². The third kappa shape index (κ3) is 3.84. The topological polar surface area (TPSA) is 67.2 Å². The molecule has 18 heavy (non-hydrogen) atoms. The summed E-state index contributed by atoms with van der Waals surface area (Å²) < 4.78 is 5.08. The molecule has 1 heterocycles. The maximum absolute atomic E-state index is 11.8. The molecule has 0 aromatic carbocycles. The molecule has 1 aromatic rings. The Morgan fingerprint density at radius 2 is 2.06 bits per heavy atom. The van der Waals surface area contributed by atoms with Crippen molar-refractivity contribution < 1.29 is 9.32 Å². The highest BCUT2D eigenvalue weighted by molar-refractivity contribution is 5.81. The first-order chi connectivity index (χ1) is 8.45. The molecule has 0 saturated heterocycles. The molecule has 0 saturated carbocycles. The summed E-state index contributed by atoms with van der Waals surface area (Å²) in [6.07, 6.45) is 0.933. The van der Waals surface area contributed by atoms with Gasteiger partial charge < -0.3 is 15.2 Å². The number of amides is 1. The third-order valence-corrected chi connectivity index (χ3v) is 3.16. The SMILES string of the molecule is CCC(C)NC(=O)C(C)NCc1c(C)noc1C. The summed E-state index contributed by atoms with van der Waals surface area (Å²) in [5, 5.41) is 10.0. The smallest absolute Gasteiger partial charge is 0.237 e. The van der Waals surface area contributed by atoms with E-state index in [0.29, 0.717) is 6.54 Å². The number of nitrogens with zero attached hydrogens (tertiary/aromatic N) is 1. The van der Waals surface area contributed by atoms with E-state index in [0.717, 1.165) is 23.4 Å². The number of aromatic nitrogens is 1. The van der Waals surface area contributed by atoms with Gasteiger partial charge in [0.1, 0.15) is 5.76 Å². The largest absolute Gasteiger partial charge is 0.361 e. The number of nitrogens with one attached hydrogen (secondary N) is 2. The van der Waals surface area contributed by atoms with Crippen molar-refractivity contribution in [2.45, 2.75) is 59.7 Å². The van der Waals surface area contributed by atoms with Gasteiger partial charge in [-0.2, -0.15) is 0 Å². The van der Waals surface area contributed by atoms with Gasteiger partial charge in [-0.05, 0) is 34.1 Å². The summed E-state index contributed by atoms with van der Waals surface area (Å²) in [6, 6.07) is -0.0199. The maximum atomic E-state index is 11.8. The lowest BCUT2D eigenvalue weighted by Gasteiger charge is -2.17. The number of carbonyl (C=O) groups excluding carboxylic acids is 1. The molecule has 1 aromatic heterocycles. The Balaban J connectivity index is 2.46. The summed E-state index contributed by atoms with van der Waals surface area (Å²) in [4.78, 5) is 11.8. The van der Waals surface area contributed by atoms with Crippen molar-refractivity contribution in [3.63, 3.8) is 0 Å². The Bertz CT molecular complexity index is 381. The van der Waals surface area contributed by atoms with Crippen LogP contribution >= 0.6 is 0 Å². The van der Waals surface area contributed by atoms with E-state index in [1.165, 1.54) is 0 Å². The molecule has 0 spiro atoms. The molecule has 0 radical (unpaired) electrons. The third-order valence-electron chi connectivity index (χ3n) is 3.16. The predicted octanol–water partition coefficient (Wildman–Crippen LogP) is 1.68. The van der Waals surface area contributed by atoms with Gasteiger partial charge in [-0.25, -0.2) is 0 Å². The Hall–Kier alpha value is -1.36. The zero-order valence-electron chi connectivity index (χ0n) is 11.8. The van der Waals surface area contributed by atoms with Crippen molar-refractivity contribution in [2.75, 3.05) is 0 Å². The number of carbonyl (C=O) groups is 1. The van der Waals surface area contributed by atoms with Gasteiger partial charge >= 0.3 is 0 Å². The highest BCUT2D eigenvalue weighted by atomic mass is 16.5. The standard InChI is InChI=1S/C13H23N3O2/c1-6-8(2)15-13(17)10(4)14-7-12-9(3)16-18-11(12)5/h8,10,14H,6-7H2,1-5H3,(H,15,17). The predicted molar refractivity (Wildman–Crippen MR) is 70.2 cm³/mol. The molecule has 0 aliphatic carbocycles. The molecule has 1 rings (SSSR count). The van der Waals surface area contributed by atoms with E-state index in [1.807, 2.05) is 34.6 Å². The zero-order valence-corrected chi connectivity index (χ0v) is 11.8. The molecule has 2 unspecified atom stereocenters. The summed E-state index contributed by atoms with van der Waals surface area (Å²) in [6.45, 7) is 10.3. The van der Waals surface area contributed by atoms with Gasteiger partial charge in [-0.15, -0.1) is 0 Å². The minimum Gasteiger partial charge on any atom is -0.361 e. The van der Waals surface area contributed by atoms with E-state index in [9.17, 15) is 4.79 Å². The van der Waals surface area contributed by atoms with Crippen molar-refractivity contribution in [1.82, 2.24) is 15.8 Å². The molecule has 5 heteroatoms. The summed E-state index contributed by atoms with van der Waals surface area (Å²) in [5.41, 5.74) is 1.90. The Morgan fingerprint density at radius 1 is 1.39 bits per heavy atom. The fourth-order valence-corrected chi connectivity index (χ4v) is 1.57. The molecular weight excluding hydrogens is 230 g/mol. The van der Waals surface area contributed by atoms with Crippen LogP contribution in [0.15, 0.2) is 4.52 Å². The van der Waals surface area contributed by atoms with E-state index in [4.69, 9.17) is 4.52 Å². The van der Waals surface area contributed by atoms with E-state index in [2.05, 4.69) is 15.8 Å². The lowest BCUT2D eigenvalue weighted by molar-refractivity contribution is -0.123. The van der Waals surface area contributed by atoms with Gasteiger partial charge in [-0.1, -0.05) is 12.1 Å². The van der Waals surface area contributed by atoms with E-state index < -0.39 is 0 Å². The van der Waals surface area contributed by atoms with Crippen LogP contribution in [0.4, 0.5) is 0 Å². The lowest BCUT2D eigenvalue weighted by Crippen LogP contribution is -2.45. The first-order valence-corrected chi connectivity index (χ1v) is 6.41. The molecule has 0 aliphatic heterocycles. The van der Waals surface area contributed by atoms with Gasteiger partial charge in [0.05, 0.1) is 11.7 Å². The van der Waals surface area contributed by atoms with Crippen molar-refractivity contribution in [1.29, 1.82) is 0 Å². The first kappa shape index (κ1) is 14.7. The molecule has 0 aliphatic rings. The molecule has 2 N–H and O–H groups in total. The van der Waals surface area contributed by atoms with Crippen LogP contribution in [-0.2, 0) is 11.3 Å². The first-order valence-electron chi connectivity index (χ1n) is 6.41. The van der Waals surface area contributed by atoms with Crippen LogP contribution in [-0.4, -0.2) is 23.1 Å². The monoisotopic (exact) mass is 253 g/mol. The van der Waals surface area contributed by atoms with Crippen LogP contribution in [0.3, 0.4) is 0 Å². The number of hydrogen-bond acceptors (Lipinski definition) is 4. The molecule has 2 atom stereocenters. The molecule has 0 fully saturated rings. The normalized spacial score (nSPS) is 14.3. The van der Waals surface area contributed by atoms with E-state index in [-0.39, 0.29) is 18.0 Å². The Labute approximate surface area is 108 Å². The molecule has 1 amide bonds. The van der Waals surface area contributed by atoms with Gasteiger partial charge in [0.2, 0.25) is 5.91 Å². The summed E-state index contributed by atoms with van der Waals surface area (Å²) in [5.74, 6) is 0.825. The van der Waals surface area contributed by atoms with E-state index in [1.54, 1.807) is 0 Å². The number of aryl methyl sites for hydroxylation is 2. The highest BCUT2D eigenvalue weighted by Gasteiger charge is 2.16. The van der Waals surface area contributed by atoms with Gasteiger partial charge in [0, 0.05) is 18.2 Å². The average Bonchev–Trinajstić information content (AvgIpc) is 2.65. The second kappa shape index (κ2) is 6.54. The Kier molecular flexibility index (Phi) is 5.34. The van der Waals surface area contributed by atoms with Crippen LogP contribution in [0.2, 0.25) is 0 Å². The second-order valence-electron chi connectivity index (χ2n) is 4.72. The summed E-state index contributed by atoms with van der Waals surface area (Å²) in [7, 11) is 0. The fourth-order valence-electron chi connectivity index (χ4n) is 1.57. The molecular formula is C13H23N3O2. The molecule has 5 nitrogen and oxygen atoms in total. The average molecular weight is 253 g/mol. The fraction of sp³-hybridized carbons (Fsp3) is 0.692. The van der Waals surface area contributed by atoms with Crippen molar-refractivity contribution in [3.05, 3.63) is 17.0 Å². The number of rotatable bonds is 6. The van der Waals surface area contributed by atoms with Gasteiger partial charge in [0.15, 0.2) is 0 Å². The molecule has 0 bridgehead atoms. The second-order valence-corrected chi connectivity index (χ2v) is 4.72. The quantitative estimate of drug-likeness (QED) is 0.809. The van der Waals surface area contributed by atoms with Crippen LogP contribution in [0, 0.1) is 13.8 Å². The molecule has 102 valence electrons.